The van der Waals surface area contributed by atoms with E-state index in [2.05, 4.69) is 30.6 Å². The highest BCUT2D eigenvalue weighted by Gasteiger charge is 2.27. The van der Waals surface area contributed by atoms with Gasteiger partial charge in [-0.2, -0.15) is 0 Å². The third-order valence-corrected chi connectivity index (χ3v) is 6.52. The number of urea groups is 1. The van der Waals surface area contributed by atoms with E-state index >= 15 is 0 Å². The van der Waals surface area contributed by atoms with E-state index in [0.29, 0.717) is 17.2 Å². The van der Waals surface area contributed by atoms with Crippen LogP contribution < -0.4 is 15.5 Å². The maximum absolute atomic E-state index is 12.1. The number of anilines is 2. The standard InChI is InChI=1S/C17H28N6O2S/c24-15(18-13-3-1-2-4-13)19-16-20-21-17(26-16)23-9-7-22(8-10-23)14-5-11-25-12-6-14/h13-14H,1-12H2,(H2,18,19,20,24). The molecule has 0 bridgehead atoms. The lowest BCUT2D eigenvalue weighted by atomic mass is 10.1. The van der Waals surface area contributed by atoms with Gasteiger partial charge in [0, 0.05) is 51.5 Å². The Morgan fingerprint density at radius 2 is 1.77 bits per heavy atom. The van der Waals surface area contributed by atoms with Gasteiger partial charge in [0.2, 0.25) is 10.3 Å². The maximum atomic E-state index is 12.1. The molecule has 144 valence electrons. The molecule has 0 spiro atoms. The Labute approximate surface area is 158 Å². The first-order valence-electron chi connectivity index (χ1n) is 9.76. The zero-order valence-corrected chi connectivity index (χ0v) is 16.0. The lowest BCUT2D eigenvalue weighted by Crippen LogP contribution is -2.51. The van der Waals surface area contributed by atoms with Crippen LogP contribution in [0.5, 0.6) is 0 Å². The molecule has 9 heteroatoms. The fourth-order valence-corrected chi connectivity index (χ4v) is 4.90. The zero-order chi connectivity index (χ0) is 17.8. The van der Waals surface area contributed by atoms with E-state index in [1.165, 1.54) is 24.2 Å². The number of amides is 2. The predicted octanol–water partition coefficient (Wildman–Crippen LogP) is 1.90. The van der Waals surface area contributed by atoms with E-state index in [-0.39, 0.29) is 6.03 Å². The normalized spacial score (nSPS) is 23.3. The van der Waals surface area contributed by atoms with Crippen LogP contribution in [0.3, 0.4) is 0 Å². The second kappa shape index (κ2) is 8.49. The quantitative estimate of drug-likeness (QED) is 0.830. The highest BCUT2D eigenvalue weighted by atomic mass is 32.1. The average Bonchev–Trinajstić information content (AvgIpc) is 3.35. The number of rotatable bonds is 4. The predicted molar refractivity (Wildman–Crippen MR) is 102 cm³/mol. The van der Waals surface area contributed by atoms with E-state index in [1.807, 2.05) is 0 Å². The van der Waals surface area contributed by atoms with Crippen molar-refractivity contribution < 1.29 is 9.53 Å². The summed E-state index contributed by atoms with van der Waals surface area (Å²) in [6.45, 7) is 5.79. The molecule has 0 atom stereocenters. The SMILES string of the molecule is O=C(Nc1nnc(N2CCN(C3CCOCC3)CC2)s1)NC1CCCC1. The van der Waals surface area contributed by atoms with Crippen LogP contribution in [0.1, 0.15) is 38.5 Å². The topological polar surface area (TPSA) is 82.6 Å². The van der Waals surface area contributed by atoms with Crippen LogP contribution >= 0.6 is 11.3 Å². The first-order chi connectivity index (χ1) is 12.8. The fourth-order valence-electron chi connectivity index (χ4n) is 4.11. The van der Waals surface area contributed by atoms with Gasteiger partial charge in [0.1, 0.15) is 0 Å². The van der Waals surface area contributed by atoms with E-state index in [4.69, 9.17) is 4.74 Å². The number of nitrogens with zero attached hydrogens (tertiary/aromatic N) is 4. The Morgan fingerprint density at radius 3 is 2.50 bits per heavy atom. The molecule has 3 fully saturated rings. The molecule has 3 aliphatic rings. The van der Waals surface area contributed by atoms with Gasteiger partial charge in [0.25, 0.3) is 0 Å². The van der Waals surface area contributed by atoms with Gasteiger partial charge in [0.05, 0.1) is 0 Å². The number of nitrogens with one attached hydrogen (secondary N) is 2. The highest BCUT2D eigenvalue weighted by Crippen LogP contribution is 2.26. The first kappa shape index (κ1) is 17.9. The summed E-state index contributed by atoms with van der Waals surface area (Å²) in [5.74, 6) is 0. The second-order valence-electron chi connectivity index (χ2n) is 7.34. The number of hydrogen-bond acceptors (Lipinski definition) is 7. The molecule has 1 aromatic rings. The zero-order valence-electron chi connectivity index (χ0n) is 15.2. The summed E-state index contributed by atoms with van der Waals surface area (Å²) in [5.41, 5.74) is 0. The number of hydrogen-bond donors (Lipinski definition) is 2. The van der Waals surface area contributed by atoms with Crippen LogP contribution in [0.4, 0.5) is 15.1 Å². The fraction of sp³-hybridized carbons (Fsp3) is 0.824. The van der Waals surface area contributed by atoms with Crippen molar-refractivity contribution >= 4 is 27.6 Å². The molecule has 2 aliphatic heterocycles. The Morgan fingerprint density at radius 1 is 1.04 bits per heavy atom. The minimum atomic E-state index is -0.163. The van der Waals surface area contributed by atoms with Gasteiger partial charge in [-0.05, 0) is 25.7 Å². The number of carbonyl (C=O) groups is 1. The van der Waals surface area contributed by atoms with Crippen LogP contribution in [0.2, 0.25) is 0 Å². The molecule has 1 aliphatic carbocycles. The van der Waals surface area contributed by atoms with Crippen molar-refractivity contribution in [2.75, 3.05) is 49.6 Å². The Bertz CT molecular complexity index is 592. The van der Waals surface area contributed by atoms with Gasteiger partial charge in [-0.15, -0.1) is 10.2 Å². The van der Waals surface area contributed by atoms with Crippen LogP contribution in [-0.4, -0.2) is 72.6 Å². The molecule has 2 saturated heterocycles. The molecular weight excluding hydrogens is 352 g/mol. The maximum Gasteiger partial charge on any atom is 0.321 e. The number of ether oxygens (including phenoxy) is 1. The van der Waals surface area contributed by atoms with Gasteiger partial charge < -0.3 is 15.0 Å². The monoisotopic (exact) mass is 380 g/mol. The third kappa shape index (κ3) is 4.44. The minimum Gasteiger partial charge on any atom is -0.381 e. The Hall–Kier alpha value is -1.45. The number of aromatic nitrogens is 2. The van der Waals surface area contributed by atoms with Crippen molar-refractivity contribution in [2.24, 2.45) is 0 Å². The summed E-state index contributed by atoms with van der Waals surface area (Å²) in [4.78, 5) is 16.9. The van der Waals surface area contributed by atoms with Crippen LogP contribution in [-0.2, 0) is 4.74 Å². The van der Waals surface area contributed by atoms with E-state index in [9.17, 15) is 4.79 Å². The van der Waals surface area contributed by atoms with E-state index in [1.54, 1.807) is 0 Å². The second-order valence-corrected chi connectivity index (χ2v) is 8.29. The van der Waals surface area contributed by atoms with Crippen molar-refractivity contribution in [1.82, 2.24) is 20.4 Å². The lowest BCUT2D eigenvalue weighted by Gasteiger charge is -2.40. The van der Waals surface area contributed by atoms with Crippen molar-refractivity contribution in [2.45, 2.75) is 50.6 Å². The van der Waals surface area contributed by atoms with Crippen LogP contribution in [0.25, 0.3) is 0 Å². The van der Waals surface area contributed by atoms with Gasteiger partial charge in [-0.1, -0.05) is 24.2 Å². The Kier molecular flexibility index (Phi) is 5.86. The summed E-state index contributed by atoms with van der Waals surface area (Å²) in [7, 11) is 0. The summed E-state index contributed by atoms with van der Waals surface area (Å²) in [6.07, 6.45) is 6.84. The van der Waals surface area contributed by atoms with Crippen LogP contribution in [0.15, 0.2) is 0 Å². The molecule has 1 saturated carbocycles. The molecule has 0 radical (unpaired) electrons. The minimum absolute atomic E-state index is 0.163. The largest absolute Gasteiger partial charge is 0.381 e. The molecule has 2 N–H and O–H groups in total. The molecule has 26 heavy (non-hydrogen) atoms. The highest BCUT2D eigenvalue weighted by molar-refractivity contribution is 7.19. The molecular formula is C17H28N6O2S. The smallest absolute Gasteiger partial charge is 0.321 e. The summed E-state index contributed by atoms with van der Waals surface area (Å²) < 4.78 is 5.46. The van der Waals surface area contributed by atoms with E-state index < -0.39 is 0 Å². The third-order valence-electron chi connectivity index (χ3n) is 5.62. The van der Waals surface area contributed by atoms with Gasteiger partial charge in [-0.3, -0.25) is 10.2 Å². The van der Waals surface area contributed by atoms with Crippen LogP contribution in [0, 0.1) is 0 Å². The van der Waals surface area contributed by atoms with E-state index in [0.717, 1.165) is 70.2 Å². The molecule has 8 nitrogen and oxygen atoms in total. The summed E-state index contributed by atoms with van der Waals surface area (Å²) in [6, 6.07) is 0.807. The average molecular weight is 381 g/mol. The molecule has 4 rings (SSSR count). The summed E-state index contributed by atoms with van der Waals surface area (Å²) in [5, 5.41) is 15.7. The molecule has 0 unspecified atom stereocenters. The molecule has 0 aromatic carbocycles. The van der Waals surface area contributed by atoms with Gasteiger partial charge >= 0.3 is 6.03 Å². The first-order valence-corrected chi connectivity index (χ1v) is 10.6. The molecule has 2 amide bonds. The molecule has 1 aromatic heterocycles. The van der Waals surface area contributed by atoms with Crippen molar-refractivity contribution in [3.05, 3.63) is 0 Å². The number of piperazine rings is 1. The summed E-state index contributed by atoms with van der Waals surface area (Å²) >= 11 is 1.46. The van der Waals surface area contributed by atoms with Crippen molar-refractivity contribution in [1.29, 1.82) is 0 Å². The van der Waals surface area contributed by atoms with Crippen molar-refractivity contribution in [3.8, 4) is 0 Å². The molecule has 3 heterocycles. The lowest BCUT2D eigenvalue weighted by molar-refractivity contribution is 0.0321. The van der Waals surface area contributed by atoms with Gasteiger partial charge in [-0.25, -0.2) is 4.79 Å². The van der Waals surface area contributed by atoms with Crippen molar-refractivity contribution in [3.63, 3.8) is 0 Å². The number of carbonyl (C=O) groups excluding carboxylic acids is 1. The Balaban J connectivity index is 1.25. The van der Waals surface area contributed by atoms with Gasteiger partial charge in [0.15, 0.2) is 0 Å².